The molecule has 0 unspecified atom stereocenters. The molecule has 1 fully saturated rings. The van der Waals surface area contributed by atoms with E-state index in [1.807, 2.05) is 7.05 Å². The van der Waals surface area contributed by atoms with Crippen molar-refractivity contribution >= 4 is 21.6 Å². The Balaban J connectivity index is 2.16. The average molecular weight is 335 g/mol. The number of hydrogen-bond acceptors (Lipinski definition) is 4. The largest absolute Gasteiger partial charge is 0.299 e. The summed E-state index contributed by atoms with van der Waals surface area (Å²) >= 11 is 5.64. The fourth-order valence-electron chi connectivity index (χ4n) is 2.37. The number of piperazine rings is 1. The highest BCUT2D eigenvalue weighted by Gasteiger charge is 2.37. The lowest BCUT2D eigenvalue weighted by Crippen LogP contribution is -2.58. The zero-order valence-electron chi connectivity index (χ0n) is 12.8. The molecule has 0 N–H and O–H groups in total. The quantitative estimate of drug-likeness (QED) is 0.760. The van der Waals surface area contributed by atoms with Gasteiger partial charge >= 0.3 is 0 Å². The van der Waals surface area contributed by atoms with Crippen molar-refractivity contribution in [1.29, 1.82) is 0 Å². The number of halogens is 1. The van der Waals surface area contributed by atoms with Crippen molar-refractivity contribution in [2.45, 2.75) is 37.2 Å². The van der Waals surface area contributed by atoms with Crippen LogP contribution in [0.3, 0.4) is 0 Å². The summed E-state index contributed by atoms with van der Waals surface area (Å²) in [7, 11) is -1.45. The minimum atomic E-state index is -3.47. The van der Waals surface area contributed by atoms with Gasteiger partial charge in [0.2, 0.25) is 10.0 Å². The van der Waals surface area contributed by atoms with Crippen molar-refractivity contribution in [2.75, 3.05) is 32.6 Å². The van der Waals surface area contributed by atoms with Crippen LogP contribution in [0.15, 0.2) is 17.3 Å². The van der Waals surface area contributed by atoms with Gasteiger partial charge in [-0.2, -0.15) is 9.40 Å². The van der Waals surface area contributed by atoms with E-state index in [0.717, 1.165) is 13.0 Å². The molecule has 1 aliphatic rings. The lowest BCUT2D eigenvalue weighted by molar-refractivity contribution is 0.0801. The monoisotopic (exact) mass is 334 g/mol. The summed E-state index contributed by atoms with van der Waals surface area (Å²) in [5, 5.41) is 4.11. The van der Waals surface area contributed by atoms with Crippen molar-refractivity contribution < 1.29 is 8.42 Å². The molecule has 0 bridgehead atoms. The summed E-state index contributed by atoms with van der Waals surface area (Å²) in [6, 6.07) is 0. The second kappa shape index (κ2) is 6.24. The molecule has 1 aromatic heterocycles. The van der Waals surface area contributed by atoms with Gasteiger partial charge in [-0.15, -0.1) is 11.6 Å². The Morgan fingerprint density at radius 1 is 1.38 bits per heavy atom. The van der Waals surface area contributed by atoms with Crippen molar-refractivity contribution in [3.8, 4) is 0 Å². The fourth-order valence-corrected chi connectivity index (χ4v) is 4.03. The molecule has 0 aromatic carbocycles. The molecule has 0 amide bonds. The van der Waals surface area contributed by atoms with Crippen LogP contribution in [0.4, 0.5) is 0 Å². The summed E-state index contributed by atoms with van der Waals surface area (Å²) in [5.74, 6) is 0.536. The van der Waals surface area contributed by atoms with Gasteiger partial charge in [-0.25, -0.2) is 8.42 Å². The van der Waals surface area contributed by atoms with E-state index in [2.05, 4.69) is 23.8 Å². The first-order valence-corrected chi connectivity index (χ1v) is 9.04. The predicted octanol–water partition coefficient (Wildman–Crippen LogP) is 1.23. The first-order valence-electron chi connectivity index (χ1n) is 7.07. The highest BCUT2D eigenvalue weighted by Crippen LogP contribution is 2.24. The smallest absolute Gasteiger partial charge is 0.246 e. The Hall–Kier alpha value is -0.630. The Morgan fingerprint density at radius 3 is 2.71 bits per heavy atom. The number of hydrogen-bond donors (Lipinski definition) is 0. The summed E-state index contributed by atoms with van der Waals surface area (Å²) < 4.78 is 28.6. The normalized spacial score (nSPS) is 20.8. The van der Waals surface area contributed by atoms with Gasteiger partial charge in [0.25, 0.3) is 0 Å². The molecule has 8 heteroatoms. The average Bonchev–Trinajstić information content (AvgIpc) is 2.88. The third-order valence-corrected chi connectivity index (χ3v) is 6.11. The number of nitrogens with zero attached hydrogens (tertiary/aromatic N) is 4. The van der Waals surface area contributed by atoms with Gasteiger partial charge in [-0.3, -0.25) is 9.58 Å². The molecule has 0 atom stereocenters. The molecule has 1 aromatic rings. The number of aromatic nitrogens is 2. The van der Waals surface area contributed by atoms with Crippen LogP contribution in [-0.2, 0) is 16.6 Å². The lowest BCUT2D eigenvalue weighted by Gasteiger charge is -2.44. The summed E-state index contributed by atoms with van der Waals surface area (Å²) in [4.78, 5) is 2.44. The number of likely N-dealkylation sites (N-methyl/N-ethyl adjacent to an activating group) is 1. The van der Waals surface area contributed by atoms with E-state index in [-0.39, 0.29) is 10.4 Å². The van der Waals surface area contributed by atoms with E-state index in [1.54, 1.807) is 15.2 Å². The van der Waals surface area contributed by atoms with Crippen LogP contribution >= 0.6 is 11.6 Å². The van der Waals surface area contributed by atoms with Gasteiger partial charge in [-0.1, -0.05) is 0 Å². The van der Waals surface area contributed by atoms with Crippen LogP contribution in [0.2, 0.25) is 0 Å². The predicted molar refractivity (Wildman–Crippen MR) is 83.0 cm³/mol. The third-order valence-electron chi connectivity index (χ3n) is 4.05. The lowest BCUT2D eigenvalue weighted by atomic mass is 10.0. The van der Waals surface area contributed by atoms with Gasteiger partial charge < -0.3 is 0 Å². The molecule has 1 saturated heterocycles. The first-order chi connectivity index (χ1) is 9.77. The third kappa shape index (κ3) is 3.59. The van der Waals surface area contributed by atoms with E-state index < -0.39 is 10.0 Å². The Labute approximate surface area is 131 Å². The zero-order chi connectivity index (χ0) is 15.7. The second-order valence-electron chi connectivity index (χ2n) is 6.05. The topological polar surface area (TPSA) is 58.4 Å². The molecule has 2 heterocycles. The van der Waals surface area contributed by atoms with E-state index in [9.17, 15) is 8.42 Å². The highest BCUT2D eigenvalue weighted by atomic mass is 35.5. The second-order valence-corrected chi connectivity index (χ2v) is 8.37. The number of aryl methyl sites for hydroxylation is 1. The summed E-state index contributed by atoms with van der Waals surface area (Å²) in [5.41, 5.74) is -0.167. The summed E-state index contributed by atoms with van der Waals surface area (Å²) in [6.45, 7) is 6.46. The van der Waals surface area contributed by atoms with Crippen LogP contribution in [0, 0.1) is 0 Å². The molecule has 1 aliphatic heterocycles. The first kappa shape index (κ1) is 16.7. The Kier molecular flexibility index (Phi) is 4.97. The number of sulfonamides is 1. The minimum absolute atomic E-state index is 0.167. The molecule has 2 rings (SSSR count). The van der Waals surface area contributed by atoms with Crippen LogP contribution in [0.1, 0.15) is 20.3 Å². The molecule has 120 valence electrons. The molecule has 0 spiro atoms. The number of alkyl halides is 1. The van der Waals surface area contributed by atoms with Gasteiger partial charge in [0.1, 0.15) is 4.90 Å². The van der Waals surface area contributed by atoms with Crippen molar-refractivity contribution in [3.63, 3.8) is 0 Å². The van der Waals surface area contributed by atoms with Crippen molar-refractivity contribution in [1.82, 2.24) is 19.0 Å². The molecular weight excluding hydrogens is 312 g/mol. The zero-order valence-corrected chi connectivity index (χ0v) is 14.4. The van der Waals surface area contributed by atoms with E-state index in [0.29, 0.717) is 25.5 Å². The van der Waals surface area contributed by atoms with Crippen LogP contribution in [0.5, 0.6) is 0 Å². The SMILES string of the molecule is CN1CCN(S(=O)(=O)c2cnn(CCCCl)c2)CC1(C)C. The van der Waals surface area contributed by atoms with Crippen LogP contribution < -0.4 is 0 Å². The van der Waals surface area contributed by atoms with Crippen LogP contribution in [-0.4, -0.2) is 65.5 Å². The molecule has 21 heavy (non-hydrogen) atoms. The van der Waals surface area contributed by atoms with Crippen LogP contribution in [0.25, 0.3) is 0 Å². The molecule has 0 radical (unpaired) electrons. The molecular formula is C13H23ClN4O2S. The Morgan fingerprint density at radius 2 is 2.10 bits per heavy atom. The molecule has 0 aliphatic carbocycles. The highest BCUT2D eigenvalue weighted by molar-refractivity contribution is 7.89. The molecule has 0 saturated carbocycles. The maximum absolute atomic E-state index is 12.7. The standard InChI is InChI=1S/C13H23ClN4O2S/c1-13(2)11-18(8-7-16(13)3)21(19,20)12-9-15-17(10-12)6-4-5-14/h9-10H,4-8,11H2,1-3H3. The maximum atomic E-state index is 12.7. The maximum Gasteiger partial charge on any atom is 0.246 e. The van der Waals surface area contributed by atoms with Crippen molar-refractivity contribution in [2.24, 2.45) is 0 Å². The van der Waals surface area contributed by atoms with E-state index in [4.69, 9.17) is 11.6 Å². The Bertz CT molecular complexity index is 585. The number of rotatable bonds is 5. The van der Waals surface area contributed by atoms with Gasteiger partial charge in [0, 0.05) is 43.8 Å². The van der Waals surface area contributed by atoms with Gasteiger partial charge in [0.05, 0.1) is 6.20 Å². The van der Waals surface area contributed by atoms with E-state index >= 15 is 0 Å². The molecule has 6 nitrogen and oxygen atoms in total. The van der Waals surface area contributed by atoms with E-state index in [1.165, 1.54) is 6.20 Å². The summed E-state index contributed by atoms with van der Waals surface area (Å²) in [6.07, 6.45) is 3.78. The van der Waals surface area contributed by atoms with Gasteiger partial charge in [0.15, 0.2) is 0 Å². The van der Waals surface area contributed by atoms with Gasteiger partial charge in [-0.05, 0) is 27.3 Å². The minimum Gasteiger partial charge on any atom is -0.299 e. The fraction of sp³-hybridized carbons (Fsp3) is 0.769. The van der Waals surface area contributed by atoms with Crippen molar-refractivity contribution in [3.05, 3.63) is 12.4 Å².